The predicted molar refractivity (Wildman–Crippen MR) is 115 cm³/mol. The SMILES string of the molecule is Nc1c(Nc2ccc(Br)cc2F)ncnc1N1CCN(c2ccccc2F)CC1. The zero-order valence-corrected chi connectivity index (χ0v) is 17.0. The van der Waals surface area contributed by atoms with Crippen LogP contribution in [0.15, 0.2) is 53.3 Å². The van der Waals surface area contributed by atoms with Crippen LogP contribution in [0.2, 0.25) is 0 Å². The van der Waals surface area contributed by atoms with Gasteiger partial charge in [0.25, 0.3) is 0 Å². The molecule has 1 aromatic heterocycles. The van der Waals surface area contributed by atoms with Crippen LogP contribution in [0, 0.1) is 11.6 Å². The minimum atomic E-state index is -0.419. The molecule has 6 nitrogen and oxygen atoms in total. The highest BCUT2D eigenvalue weighted by Gasteiger charge is 2.23. The van der Waals surface area contributed by atoms with Gasteiger partial charge in [-0.3, -0.25) is 0 Å². The van der Waals surface area contributed by atoms with Gasteiger partial charge in [0.2, 0.25) is 0 Å². The Bertz CT molecular complexity index is 1020. The van der Waals surface area contributed by atoms with Crippen LogP contribution in [0.4, 0.5) is 37.5 Å². The monoisotopic (exact) mass is 460 g/mol. The van der Waals surface area contributed by atoms with E-state index >= 15 is 0 Å². The van der Waals surface area contributed by atoms with Crippen LogP contribution < -0.4 is 20.9 Å². The quantitative estimate of drug-likeness (QED) is 0.608. The van der Waals surface area contributed by atoms with Crippen molar-refractivity contribution < 1.29 is 8.78 Å². The lowest BCUT2D eigenvalue weighted by molar-refractivity contribution is 0.596. The first-order chi connectivity index (χ1) is 14.0. The minimum absolute atomic E-state index is 0.231. The summed E-state index contributed by atoms with van der Waals surface area (Å²) in [5.41, 5.74) is 7.48. The zero-order chi connectivity index (χ0) is 20.4. The predicted octanol–water partition coefficient (Wildman–Crippen LogP) is 4.17. The molecule has 1 saturated heterocycles. The van der Waals surface area contributed by atoms with Gasteiger partial charge in [-0.2, -0.15) is 0 Å². The van der Waals surface area contributed by atoms with E-state index in [1.807, 2.05) is 15.9 Å². The summed E-state index contributed by atoms with van der Waals surface area (Å²) < 4.78 is 28.8. The summed E-state index contributed by atoms with van der Waals surface area (Å²) in [5.74, 6) is 0.268. The number of aromatic nitrogens is 2. The molecule has 0 atom stereocenters. The number of hydrogen-bond acceptors (Lipinski definition) is 6. The highest BCUT2D eigenvalue weighted by Crippen LogP contribution is 2.31. The molecule has 9 heteroatoms. The lowest BCUT2D eigenvalue weighted by Gasteiger charge is -2.37. The molecule has 1 aliphatic rings. The molecule has 2 heterocycles. The second kappa shape index (κ2) is 8.20. The summed E-state index contributed by atoms with van der Waals surface area (Å²) in [6.07, 6.45) is 1.40. The fourth-order valence-electron chi connectivity index (χ4n) is 3.32. The van der Waals surface area contributed by atoms with Crippen molar-refractivity contribution in [1.29, 1.82) is 0 Å². The molecule has 0 radical (unpaired) electrons. The van der Waals surface area contributed by atoms with Crippen LogP contribution in [0.1, 0.15) is 0 Å². The van der Waals surface area contributed by atoms with E-state index in [-0.39, 0.29) is 11.5 Å². The molecule has 3 aromatic rings. The molecule has 29 heavy (non-hydrogen) atoms. The summed E-state index contributed by atoms with van der Waals surface area (Å²) in [5, 5.41) is 2.93. The molecule has 3 N–H and O–H groups in total. The highest BCUT2D eigenvalue weighted by atomic mass is 79.9. The number of nitrogens with one attached hydrogen (secondary N) is 1. The Hall–Kier alpha value is -2.94. The van der Waals surface area contributed by atoms with Crippen molar-refractivity contribution >= 4 is 44.6 Å². The number of nitrogens with zero attached hydrogens (tertiary/aromatic N) is 4. The van der Waals surface area contributed by atoms with Gasteiger partial charge in [-0.05, 0) is 30.3 Å². The molecular formula is C20H19BrF2N6. The van der Waals surface area contributed by atoms with E-state index in [1.165, 1.54) is 18.5 Å². The average Bonchev–Trinajstić information content (AvgIpc) is 2.72. The van der Waals surface area contributed by atoms with Crippen LogP contribution in [0.5, 0.6) is 0 Å². The van der Waals surface area contributed by atoms with Crippen molar-refractivity contribution in [1.82, 2.24) is 9.97 Å². The van der Waals surface area contributed by atoms with Crippen LogP contribution in [-0.2, 0) is 0 Å². The second-order valence-corrected chi connectivity index (χ2v) is 7.55. The van der Waals surface area contributed by atoms with Crippen molar-refractivity contribution in [2.75, 3.05) is 47.0 Å². The molecule has 150 valence electrons. The second-order valence-electron chi connectivity index (χ2n) is 6.63. The van der Waals surface area contributed by atoms with Gasteiger partial charge < -0.3 is 20.9 Å². The number of nitrogens with two attached hydrogens (primary N) is 1. The number of rotatable bonds is 4. The molecule has 4 rings (SSSR count). The zero-order valence-electron chi connectivity index (χ0n) is 15.4. The van der Waals surface area contributed by atoms with Gasteiger partial charge in [0.05, 0.1) is 11.4 Å². The summed E-state index contributed by atoms with van der Waals surface area (Å²) in [6, 6.07) is 11.4. The number of anilines is 5. The number of hydrogen-bond donors (Lipinski definition) is 2. The summed E-state index contributed by atoms with van der Waals surface area (Å²) in [6.45, 7) is 2.52. The Morgan fingerprint density at radius 3 is 2.38 bits per heavy atom. The third-order valence-corrected chi connectivity index (χ3v) is 5.31. The molecule has 0 amide bonds. The van der Waals surface area contributed by atoms with E-state index in [0.717, 1.165) is 0 Å². The van der Waals surface area contributed by atoms with Crippen molar-refractivity contribution in [2.45, 2.75) is 0 Å². The average molecular weight is 461 g/mol. The molecule has 0 aliphatic carbocycles. The number of benzene rings is 2. The van der Waals surface area contributed by atoms with Gasteiger partial charge >= 0.3 is 0 Å². The Morgan fingerprint density at radius 2 is 1.66 bits per heavy atom. The van der Waals surface area contributed by atoms with Gasteiger partial charge in [0, 0.05) is 30.7 Å². The summed E-state index contributed by atoms with van der Waals surface area (Å²) in [7, 11) is 0. The molecule has 2 aromatic carbocycles. The maximum Gasteiger partial charge on any atom is 0.159 e. The Labute approximate surface area is 175 Å². The maximum absolute atomic E-state index is 14.1. The van der Waals surface area contributed by atoms with Crippen molar-refractivity contribution in [3.8, 4) is 0 Å². The van der Waals surface area contributed by atoms with E-state index in [0.29, 0.717) is 53.7 Å². The lowest BCUT2D eigenvalue weighted by atomic mass is 10.2. The van der Waals surface area contributed by atoms with Crippen LogP contribution in [0.25, 0.3) is 0 Å². The van der Waals surface area contributed by atoms with Gasteiger partial charge in [-0.15, -0.1) is 0 Å². The lowest BCUT2D eigenvalue weighted by Crippen LogP contribution is -2.47. The third-order valence-electron chi connectivity index (χ3n) is 4.82. The van der Waals surface area contributed by atoms with Gasteiger partial charge in [-0.25, -0.2) is 18.7 Å². The van der Waals surface area contributed by atoms with E-state index < -0.39 is 5.82 Å². The van der Waals surface area contributed by atoms with Crippen molar-refractivity contribution in [3.63, 3.8) is 0 Å². The minimum Gasteiger partial charge on any atom is -0.393 e. The molecule has 0 saturated carbocycles. The summed E-state index contributed by atoms with van der Waals surface area (Å²) in [4.78, 5) is 12.5. The topological polar surface area (TPSA) is 70.3 Å². The molecular weight excluding hydrogens is 442 g/mol. The molecule has 1 aliphatic heterocycles. The molecule has 0 bridgehead atoms. The standard InChI is InChI=1S/C20H19BrF2N6/c21-13-5-6-16(15(23)11-13)27-19-18(24)20(26-12-25-19)29-9-7-28(8-10-29)17-4-2-1-3-14(17)22/h1-6,11-12H,7-10,24H2,(H,25,26,27). The number of para-hydroxylation sites is 1. The number of nitrogen functional groups attached to an aromatic ring is 1. The van der Waals surface area contributed by atoms with Crippen molar-refractivity contribution in [2.24, 2.45) is 0 Å². The van der Waals surface area contributed by atoms with Crippen LogP contribution in [0.3, 0.4) is 0 Å². The van der Waals surface area contributed by atoms with Crippen LogP contribution in [-0.4, -0.2) is 36.1 Å². The van der Waals surface area contributed by atoms with Gasteiger partial charge in [0.15, 0.2) is 11.6 Å². The fraction of sp³-hybridized carbons (Fsp3) is 0.200. The van der Waals surface area contributed by atoms with E-state index in [9.17, 15) is 8.78 Å². The number of piperazine rings is 1. The van der Waals surface area contributed by atoms with Crippen LogP contribution >= 0.6 is 15.9 Å². The van der Waals surface area contributed by atoms with Gasteiger partial charge in [-0.1, -0.05) is 28.1 Å². The Morgan fingerprint density at radius 1 is 0.931 bits per heavy atom. The number of halogens is 3. The third kappa shape index (κ3) is 4.09. The van der Waals surface area contributed by atoms with E-state index in [4.69, 9.17) is 5.73 Å². The Kier molecular flexibility index (Phi) is 5.48. The van der Waals surface area contributed by atoms with Gasteiger partial charge in [0.1, 0.15) is 23.6 Å². The highest BCUT2D eigenvalue weighted by molar-refractivity contribution is 9.10. The maximum atomic E-state index is 14.1. The summed E-state index contributed by atoms with van der Waals surface area (Å²) >= 11 is 3.23. The smallest absolute Gasteiger partial charge is 0.159 e. The molecule has 0 spiro atoms. The Balaban J connectivity index is 1.50. The first kappa shape index (κ1) is 19.4. The largest absolute Gasteiger partial charge is 0.393 e. The van der Waals surface area contributed by atoms with E-state index in [1.54, 1.807) is 24.3 Å². The fourth-order valence-corrected chi connectivity index (χ4v) is 3.66. The molecule has 1 fully saturated rings. The molecule has 0 unspecified atom stereocenters. The first-order valence-corrected chi connectivity index (χ1v) is 9.89. The van der Waals surface area contributed by atoms with Crippen molar-refractivity contribution in [3.05, 3.63) is 64.9 Å². The first-order valence-electron chi connectivity index (χ1n) is 9.10. The normalized spacial score (nSPS) is 14.2. The van der Waals surface area contributed by atoms with E-state index in [2.05, 4.69) is 31.2 Å².